The maximum atomic E-state index is 11.8. The normalized spacial score (nSPS) is 12.9. The molecule has 17 heavy (non-hydrogen) atoms. The van der Waals surface area contributed by atoms with E-state index < -0.39 is 0 Å². The first kappa shape index (κ1) is 12.4. The van der Waals surface area contributed by atoms with Gasteiger partial charge in [0.25, 0.3) is 0 Å². The van der Waals surface area contributed by atoms with Crippen molar-refractivity contribution < 1.29 is 4.79 Å². The van der Waals surface area contributed by atoms with Crippen molar-refractivity contribution in [2.24, 2.45) is 5.92 Å². The van der Waals surface area contributed by atoms with Crippen LogP contribution in [0.5, 0.6) is 0 Å². The number of thiazole rings is 1. The van der Waals surface area contributed by atoms with Crippen LogP contribution in [0.15, 0.2) is 23.7 Å². The Labute approximate surface area is 110 Å². The Balaban J connectivity index is 2.15. The number of hydrogen-bond donors (Lipinski definition) is 2. The van der Waals surface area contributed by atoms with E-state index in [-0.39, 0.29) is 17.1 Å². The van der Waals surface area contributed by atoms with Crippen LogP contribution in [-0.4, -0.2) is 16.1 Å². The number of anilines is 1. The van der Waals surface area contributed by atoms with Gasteiger partial charge in [-0.25, -0.2) is 4.98 Å². The quantitative estimate of drug-likeness (QED) is 0.838. The first-order valence-electron chi connectivity index (χ1n) is 5.40. The van der Waals surface area contributed by atoms with Crippen LogP contribution in [0.1, 0.15) is 13.8 Å². The molecular formula is C12H14N2OS2. The summed E-state index contributed by atoms with van der Waals surface area (Å²) < 4.78 is 1.07. The van der Waals surface area contributed by atoms with Gasteiger partial charge in [0, 0.05) is 5.69 Å². The minimum absolute atomic E-state index is 0.0628. The maximum absolute atomic E-state index is 11.8. The number of amides is 1. The third-order valence-corrected chi connectivity index (χ3v) is 4.12. The monoisotopic (exact) mass is 266 g/mol. The Hall–Kier alpha value is -1.07. The average molecular weight is 266 g/mol. The molecule has 1 amide bonds. The molecule has 0 aliphatic carbocycles. The molecule has 1 N–H and O–H groups in total. The van der Waals surface area contributed by atoms with Crippen LogP contribution in [0.25, 0.3) is 10.2 Å². The van der Waals surface area contributed by atoms with Crippen LogP contribution in [0.3, 0.4) is 0 Å². The molecule has 1 aromatic heterocycles. The molecule has 2 aromatic rings. The highest BCUT2D eigenvalue weighted by Gasteiger charge is 2.17. The first-order chi connectivity index (χ1) is 8.08. The molecular weight excluding hydrogens is 252 g/mol. The minimum atomic E-state index is -0.285. The van der Waals surface area contributed by atoms with Crippen LogP contribution < -0.4 is 5.32 Å². The lowest BCUT2D eigenvalue weighted by Gasteiger charge is -2.14. The third kappa shape index (κ3) is 2.79. The number of benzene rings is 1. The molecule has 1 aromatic carbocycles. The second-order valence-corrected chi connectivity index (χ2v) is 5.66. The van der Waals surface area contributed by atoms with Gasteiger partial charge in [-0.05, 0) is 24.1 Å². The first-order valence-corrected chi connectivity index (χ1v) is 6.79. The summed E-state index contributed by atoms with van der Waals surface area (Å²) in [5.74, 6) is 0.151. The summed E-state index contributed by atoms with van der Waals surface area (Å²) >= 11 is 5.85. The molecule has 5 heteroatoms. The molecule has 3 nitrogen and oxygen atoms in total. The molecule has 0 spiro atoms. The van der Waals surface area contributed by atoms with Gasteiger partial charge in [0.05, 0.1) is 21.0 Å². The summed E-state index contributed by atoms with van der Waals surface area (Å²) in [4.78, 5) is 16.0. The van der Waals surface area contributed by atoms with E-state index in [9.17, 15) is 4.79 Å². The Morgan fingerprint density at radius 1 is 1.47 bits per heavy atom. The molecule has 1 unspecified atom stereocenters. The molecule has 90 valence electrons. The van der Waals surface area contributed by atoms with Crippen molar-refractivity contribution in [2.45, 2.75) is 19.1 Å². The SMILES string of the molecule is CC(C)C(S)C(=O)Nc1ccc2ncsc2c1. The van der Waals surface area contributed by atoms with Crippen molar-refractivity contribution in [1.82, 2.24) is 4.98 Å². The molecule has 0 fully saturated rings. The van der Waals surface area contributed by atoms with Crippen molar-refractivity contribution in [3.8, 4) is 0 Å². The number of carbonyl (C=O) groups excluding carboxylic acids is 1. The molecule has 1 heterocycles. The van der Waals surface area contributed by atoms with E-state index in [1.807, 2.05) is 32.0 Å². The predicted octanol–water partition coefficient (Wildman–Crippen LogP) is 3.19. The number of rotatable bonds is 3. The van der Waals surface area contributed by atoms with Crippen LogP contribution in [0.4, 0.5) is 5.69 Å². The fraction of sp³-hybridized carbons (Fsp3) is 0.333. The highest BCUT2D eigenvalue weighted by Crippen LogP contribution is 2.22. The number of aromatic nitrogens is 1. The lowest BCUT2D eigenvalue weighted by molar-refractivity contribution is -0.116. The molecule has 0 saturated heterocycles. The fourth-order valence-electron chi connectivity index (χ4n) is 1.45. The molecule has 0 aliphatic rings. The Bertz CT molecular complexity index is 536. The van der Waals surface area contributed by atoms with Gasteiger partial charge in [-0.1, -0.05) is 13.8 Å². The van der Waals surface area contributed by atoms with Crippen molar-refractivity contribution >= 4 is 45.8 Å². The zero-order valence-electron chi connectivity index (χ0n) is 9.68. The topological polar surface area (TPSA) is 42.0 Å². The summed E-state index contributed by atoms with van der Waals surface area (Å²) in [6, 6.07) is 5.71. The largest absolute Gasteiger partial charge is 0.325 e. The summed E-state index contributed by atoms with van der Waals surface area (Å²) in [6.45, 7) is 3.95. The van der Waals surface area contributed by atoms with E-state index in [1.54, 1.807) is 16.8 Å². The lowest BCUT2D eigenvalue weighted by Crippen LogP contribution is -2.27. The molecule has 0 saturated carbocycles. The van der Waals surface area contributed by atoms with Crippen molar-refractivity contribution in [3.05, 3.63) is 23.7 Å². The smallest absolute Gasteiger partial charge is 0.237 e. The standard InChI is InChI=1S/C12H14N2OS2/c1-7(2)11(16)12(15)14-8-3-4-9-10(5-8)17-6-13-9/h3-7,11,16H,1-2H3,(H,14,15). The van der Waals surface area contributed by atoms with Crippen LogP contribution >= 0.6 is 24.0 Å². The van der Waals surface area contributed by atoms with Gasteiger partial charge in [0.2, 0.25) is 5.91 Å². The van der Waals surface area contributed by atoms with Crippen LogP contribution in [0.2, 0.25) is 0 Å². The summed E-state index contributed by atoms with van der Waals surface area (Å²) in [7, 11) is 0. The Kier molecular flexibility index (Phi) is 3.69. The highest BCUT2D eigenvalue weighted by atomic mass is 32.1. The van der Waals surface area contributed by atoms with Gasteiger partial charge >= 0.3 is 0 Å². The van der Waals surface area contributed by atoms with Crippen LogP contribution in [0, 0.1) is 5.92 Å². The number of thiol groups is 1. The second-order valence-electron chi connectivity index (χ2n) is 4.21. The summed E-state index contributed by atoms with van der Waals surface area (Å²) in [5.41, 5.74) is 3.55. The van der Waals surface area contributed by atoms with E-state index in [1.165, 1.54) is 0 Å². The summed E-state index contributed by atoms with van der Waals surface area (Å²) in [5, 5.41) is 2.58. The maximum Gasteiger partial charge on any atom is 0.237 e. The van der Waals surface area contributed by atoms with Crippen molar-refractivity contribution in [3.63, 3.8) is 0 Å². The van der Waals surface area contributed by atoms with E-state index in [0.717, 1.165) is 15.9 Å². The van der Waals surface area contributed by atoms with Gasteiger partial charge in [-0.2, -0.15) is 12.6 Å². The van der Waals surface area contributed by atoms with Gasteiger partial charge in [-0.15, -0.1) is 11.3 Å². The Morgan fingerprint density at radius 2 is 2.24 bits per heavy atom. The second kappa shape index (κ2) is 5.06. The number of carbonyl (C=O) groups is 1. The molecule has 1 atom stereocenters. The molecule has 0 bridgehead atoms. The molecule has 0 aliphatic heterocycles. The van der Waals surface area contributed by atoms with Gasteiger partial charge in [0.15, 0.2) is 0 Å². The predicted molar refractivity (Wildman–Crippen MR) is 75.9 cm³/mol. The lowest BCUT2D eigenvalue weighted by atomic mass is 10.1. The molecule has 2 rings (SSSR count). The number of nitrogens with one attached hydrogen (secondary N) is 1. The zero-order chi connectivity index (χ0) is 12.4. The number of fused-ring (bicyclic) bond motifs is 1. The third-order valence-electron chi connectivity index (χ3n) is 2.50. The average Bonchev–Trinajstić information content (AvgIpc) is 2.74. The van der Waals surface area contributed by atoms with E-state index >= 15 is 0 Å². The summed E-state index contributed by atoms with van der Waals surface area (Å²) in [6.07, 6.45) is 0. The molecule has 0 radical (unpaired) electrons. The van der Waals surface area contributed by atoms with Gasteiger partial charge < -0.3 is 5.32 Å². The fourth-order valence-corrected chi connectivity index (χ4v) is 2.23. The number of hydrogen-bond acceptors (Lipinski definition) is 4. The van der Waals surface area contributed by atoms with Crippen LogP contribution in [-0.2, 0) is 4.79 Å². The minimum Gasteiger partial charge on any atom is -0.325 e. The van der Waals surface area contributed by atoms with Crippen molar-refractivity contribution in [1.29, 1.82) is 0 Å². The van der Waals surface area contributed by atoms with Gasteiger partial charge in [0.1, 0.15) is 0 Å². The van der Waals surface area contributed by atoms with Crippen molar-refractivity contribution in [2.75, 3.05) is 5.32 Å². The van der Waals surface area contributed by atoms with E-state index in [2.05, 4.69) is 22.9 Å². The number of nitrogens with zero attached hydrogens (tertiary/aromatic N) is 1. The highest BCUT2D eigenvalue weighted by molar-refractivity contribution is 7.81. The zero-order valence-corrected chi connectivity index (χ0v) is 11.4. The Morgan fingerprint density at radius 3 is 2.94 bits per heavy atom. The van der Waals surface area contributed by atoms with Gasteiger partial charge in [-0.3, -0.25) is 4.79 Å². The van der Waals surface area contributed by atoms with E-state index in [0.29, 0.717) is 0 Å². The van der Waals surface area contributed by atoms with E-state index in [4.69, 9.17) is 0 Å².